The van der Waals surface area contributed by atoms with E-state index in [1.165, 1.54) is 5.56 Å². The SMILES string of the molecule is C#CCNCc1nc(-c2ccc(C)cc2)no1. The van der Waals surface area contributed by atoms with Gasteiger partial charge in [-0.3, -0.25) is 5.32 Å². The Morgan fingerprint density at radius 1 is 1.35 bits per heavy atom. The molecule has 0 bridgehead atoms. The molecular weight excluding hydrogens is 214 g/mol. The van der Waals surface area contributed by atoms with Gasteiger partial charge >= 0.3 is 0 Å². The van der Waals surface area contributed by atoms with Crippen LogP contribution < -0.4 is 5.32 Å². The second-order valence-electron chi connectivity index (χ2n) is 3.69. The van der Waals surface area contributed by atoms with Gasteiger partial charge in [0.1, 0.15) is 0 Å². The van der Waals surface area contributed by atoms with Gasteiger partial charge in [-0.1, -0.05) is 40.9 Å². The van der Waals surface area contributed by atoms with E-state index in [-0.39, 0.29) is 0 Å². The third-order valence-electron chi connectivity index (χ3n) is 2.28. The molecule has 0 amide bonds. The molecule has 2 rings (SSSR count). The summed E-state index contributed by atoms with van der Waals surface area (Å²) in [5.74, 6) is 3.62. The summed E-state index contributed by atoms with van der Waals surface area (Å²) in [5, 5.41) is 6.91. The Balaban J connectivity index is 2.08. The number of aromatic nitrogens is 2. The van der Waals surface area contributed by atoms with Crippen molar-refractivity contribution in [2.45, 2.75) is 13.5 Å². The van der Waals surface area contributed by atoms with E-state index in [1.807, 2.05) is 31.2 Å². The van der Waals surface area contributed by atoms with E-state index in [4.69, 9.17) is 10.9 Å². The Hall–Kier alpha value is -2.12. The van der Waals surface area contributed by atoms with Crippen LogP contribution in [0.25, 0.3) is 11.4 Å². The molecule has 0 saturated heterocycles. The first-order chi connectivity index (χ1) is 8.29. The van der Waals surface area contributed by atoms with Gasteiger partial charge in [0.15, 0.2) is 0 Å². The van der Waals surface area contributed by atoms with Gasteiger partial charge in [0.2, 0.25) is 11.7 Å². The fraction of sp³-hybridized carbons (Fsp3) is 0.231. The lowest BCUT2D eigenvalue weighted by molar-refractivity contribution is 0.370. The number of benzene rings is 1. The largest absolute Gasteiger partial charge is 0.338 e. The third-order valence-corrected chi connectivity index (χ3v) is 2.28. The van der Waals surface area contributed by atoms with Gasteiger partial charge < -0.3 is 4.52 Å². The van der Waals surface area contributed by atoms with Crippen molar-refractivity contribution >= 4 is 0 Å². The molecule has 0 aliphatic heterocycles. The van der Waals surface area contributed by atoms with Crippen LogP contribution in [0.1, 0.15) is 11.5 Å². The summed E-state index contributed by atoms with van der Waals surface area (Å²) < 4.78 is 5.10. The monoisotopic (exact) mass is 227 g/mol. The van der Waals surface area contributed by atoms with Crippen molar-refractivity contribution < 1.29 is 4.52 Å². The molecule has 1 heterocycles. The molecule has 2 aromatic rings. The Labute approximate surface area is 100 Å². The summed E-state index contributed by atoms with van der Waals surface area (Å²) in [6.45, 7) is 3.01. The number of terminal acetylenes is 1. The Morgan fingerprint density at radius 2 is 2.12 bits per heavy atom. The molecule has 1 aromatic carbocycles. The normalized spacial score (nSPS) is 10.1. The van der Waals surface area contributed by atoms with Crippen LogP contribution >= 0.6 is 0 Å². The highest BCUT2D eigenvalue weighted by atomic mass is 16.5. The summed E-state index contributed by atoms with van der Waals surface area (Å²) in [7, 11) is 0. The van der Waals surface area contributed by atoms with Crippen LogP contribution in [0.3, 0.4) is 0 Å². The van der Waals surface area contributed by atoms with Crippen LogP contribution in [0.4, 0.5) is 0 Å². The van der Waals surface area contributed by atoms with Crippen LogP contribution in [0.2, 0.25) is 0 Å². The van der Waals surface area contributed by atoms with Gasteiger partial charge in [-0.15, -0.1) is 6.42 Å². The van der Waals surface area contributed by atoms with Crippen LogP contribution in [0.5, 0.6) is 0 Å². The van der Waals surface area contributed by atoms with Gasteiger partial charge in [0, 0.05) is 5.56 Å². The topological polar surface area (TPSA) is 51.0 Å². The lowest BCUT2D eigenvalue weighted by atomic mass is 10.1. The molecule has 86 valence electrons. The average Bonchev–Trinajstić information content (AvgIpc) is 2.79. The zero-order valence-electron chi connectivity index (χ0n) is 9.60. The standard InChI is InChI=1S/C13H13N3O/c1-3-8-14-9-12-15-13(16-17-12)11-6-4-10(2)5-7-11/h1,4-7,14H,8-9H2,2H3. The maximum Gasteiger partial charge on any atom is 0.240 e. The number of nitrogens with one attached hydrogen (secondary N) is 1. The minimum atomic E-state index is 0.488. The van der Waals surface area contributed by atoms with E-state index < -0.39 is 0 Å². The Morgan fingerprint density at radius 3 is 2.82 bits per heavy atom. The lowest BCUT2D eigenvalue weighted by Crippen LogP contribution is -2.13. The first-order valence-corrected chi connectivity index (χ1v) is 5.33. The molecule has 0 saturated carbocycles. The minimum Gasteiger partial charge on any atom is -0.338 e. The second-order valence-corrected chi connectivity index (χ2v) is 3.69. The fourth-order valence-corrected chi connectivity index (χ4v) is 1.39. The molecule has 0 spiro atoms. The molecule has 0 fully saturated rings. The first-order valence-electron chi connectivity index (χ1n) is 5.33. The van der Waals surface area contributed by atoms with Gasteiger partial charge in [-0.25, -0.2) is 0 Å². The van der Waals surface area contributed by atoms with Crippen LogP contribution in [0, 0.1) is 19.3 Å². The summed E-state index contributed by atoms with van der Waals surface area (Å²) in [6.07, 6.45) is 5.12. The highest BCUT2D eigenvalue weighted by molar-refractivity contribution is 5.54. The van der Waals surface area contributed by atoms with E-state index >= 15 is 0 Å². The predicted molar refractivity (Wildman–Crippen MR) is 65.0 cm³/mol. The number of aryl methyl sites for hydroxylation is 1. The molecule has 0 aliphatic carbocycles. The summed E-state index contributed by atoms with van der Waals surface area (Å²) >= 11 is 0. The van der Waals surface area contributed by atoms with Crippen LogP contribution in [0.15, 0.2) is 28.8 Å². The quantitative estimate of drug-likeness (QED) is 0.639. The van der Waals surface area contributed by atoms with Gasteiger partial charge in [-0.2, -0.15) is 4.98 Å². The maximum atomic E-state index is 5.12. The highest BCUT2D eigenvalue weighted by Crippen LogP contribution is 2.15. The van der Waals surface area contributed by atoms with Crippen molar-refractivity contribution in [1.82, 2.24) is 15.5 Å². The summed E-state index contributed by atoms with van der Waals surface area (Å²) in [6, 6.07) is 7.97. The molecule has 4 heteroatoms. The third kappa shape index (κ3) is 2.92. The van der Waals surface area contributed by atoms with Gasteiger partial charge in [0.05, 0.1) is 13.1 Å². The fourth-order valence-electron chi connectivity index (χ4n) is 1.39. The van der Waals surface area contributed by atoms with Crippen molar-refractivity contribution in [2.75, 3.05) is 6.54 Å². The van der Waals surface area contributed by atoms with E-state index in [1.54, 1.807) is 0 Å². The Kier molecular flexibility index (Phi) is 3.53. The van der Waals surface area contributed by atoms with Gasteiger partial charge in [0.25, 0.3) is 0 Å². The zero-order chi connectivity index (χ0) is 12.1. The van der Waals surface area contributed by atoms with Crippen molar-refractivity contribution in [3.8, 4) is 23.7 Å². The molecule has 0 unspecified atom stereocenters. The Bertz CT molecular complexity index is 522. The van der Waals surface area contributed by atoms with Crippen molar-refractivity contribution in [3.63, 3.8) is 0 Å². The zero-order valence-corrected chi connectivity index (χ0v) is 9.60. The summed E-state index contributed by atoms with van der Waals surface area (Å²) in [5.41, 5.74) is 2.15. The molecule has 1 N–H and O–H groups in total. The molecule has 0 aliphatic rings. The molecule has 0 radical (unpaired) electrons. The van der Waals surface area contributed by atoms with Crippen LogP contribution in [-0.2, 0) is 6.54 Å². The lowest BCUT2D eigenvalue weighted by Gasteiger charge is -1.94. The number of rotatable bonds is 4. The minimum absolute atomic E-state index is 0.488. The molecular formula is C13H13N3O. The molecule has 0 atom stereocenters. The predicted octanol–water partition coefficient (Wildman–Crippen LogP) is 1.77. The van der Waals surface area contributed by atoms with Crippen molar-refractivity contribution in [1.29, 1.82) is 0 Å². The van der Waals surface area contributed by atoms with E-state index in [0.717, 1.165) is 5.56 Å². The highest BCUT2D eigenvalue weighted by Gasteiger charge is 2.07. The summed E-state index contributed by atoms with van der Waals surface area (Å²) in [4.78, 5) is 4.27. The number of hydrogen-bond donors (Lipinski definition) is 1. The molecule has 4 nitrogen and oxygen atoms in total. The average molecular weight is 227 g/mol. The molecule has 17 heavy (non-hydrogen) atoms. The first kappa shape index (κ1) is 11.4. The van der Waals surface area contributed by atoms with Crippen molar-refractivity contribution in [2.24, 2.45) is 0 Å². The number of hydrogen-bond acceptors (Lipinski definition) is 4. The smallest absolute Gasteiger partial charge is 0.240 e. The van der Waals surface area contributed by atoms with E-state index in [2.05, 4.69) is 21.4 Å². The number of nitrogens with zero attached hydrogens (tertiary/aromatic N) is 2. The van der Waals surface area contributed by atoms with Crippen molar-refractivity contribution in [3.05, 3.63) is 35.7 Å². The van der Waals surface area contributed by atoms with E-state index in [0.29, 0.717) is 24.8 Å². The molecule has 1 aromatic heterocycles. The maximum absolute atomic E-state index is 5.12. The van der Waals surface area contributed by atoms with Gasteiger partial charge in [-0.05, 0) is 6.92 Å². The second kappa shape index (κ2) is 5.28. The van der Waals surface area contributed by atoms with E-state index in [9.17, 15) is 0 Å². The van der Waals surface area contributed by atoms with Crippen LogP contribution in [-0.4, -0.2) is 16.7 Å².